The number of H-pyrrole nitrogens is 1. The molecule has 1 aliphatic heterocycles. The zero-order chi connectivity index (χ0) is 12.5. The van der Waals surface area contributed by atoms with Crippen LogP contribution in [0, 0.1) is 0 Å². The zero-order valence-corrected chi connectivity index (χ0v) is 9.89. The highest BCUT2D eigenvalue weighted by Gasteiger charge is 2.23. The van der Waals surface area contributed by atoms with Crippen molar-refractivity contribution in [2.24, 2.45) is 0 Å². The molecular weight excluding hydrogens is 230 g/mol. The van der Waals surface area contributed by atoms with Crippen LogP contribution in [0.4, 0.5) is 0 Å². The fourth-order valence-electron chi connectivity index (χ4n) is 2.43. The highest BCUT2D eigenvalue weighted by Crippen LogP contribution is 2.20. The molecule has 0 saturated carbocycles. The third kappa shape index (κ3) is 2.02. The topological polar surface area (TPSA) is 78.0 Å². The van der Waals surface area contributed by atoms with Crippen LogP contribution in [-0.2, 0) is 0 Å². The fourth-order valence-corrected chi connectivity index (χ4v) is 2.43. The molecule has 1 saturated heterocycles. The molecule has 1 aromatic carbocycles. The number of aliphatic hydroxyl groups excluding tert-OH is 1. The van der Waals surface area contributed by atoms with Crippen molar-refractivity contribution < 1.29 is 5.11 Å². The van der Waals surface area contributed by atoms with Crippen LogP contribution in [0.3, 0.4) is 0 Å². The first-order valence-corrected chi connectivity index (χ1v) is 6.12. The van der Waals surface area contributed by atoms with Gasteiger partial charge in [-0.05, 0) is 18.6 Å². The summed E-state index contributed by atoms with van der Waals surface area (Å²) in [6.45, 7) is 1.34. The summed E-state index contributed by atoms with van der Waals surface area (Å²) in [4.78, 5) is 19.3. The van der Waals surface area contributed by atoms with E-state index in [0.717, 1.165) is 6.54 Å². The summed E-state index contributed by atoms with van der Waals surface area (Å²) in [6, 6.07) is 7.29. The van der Waals surface area contributed by atoms with Gasteiger partial charge in [0.2, 0.25) is 0 Å². The maximum Gasteiger partial charge on any atom is 0.258 e. The first kappa shape index (κ1) is 11.4. The number of hydrogen-bond donors (Lipinski definition) is 3. The van der Waals surface area contributed by atoms with Crippen molar-refractivity contribution in [2.45, 2.75) is 18.4 Å². The Bertz CT molecular complexity index is 623. The highest BCUT2D eigenvalue weighted by atomic mass is 16.3. The van der Waals surface area contributed by atoms with Gasteiger partial charge in [0, 0.05) is 19.0 Å². The SMILES string of the molecule is O=c1[nH]c([C@@H]2CNC[C@@H](O)C2)nc2ccccc12. The molecule has 5 heteroatoms. The average Bonchev–Trinajstić information content (AvgIpc) is 2.39. The number of hydrogen-bond acceptors (Lipinski definition) is 4. The van der Waals surface area contributed by atoms with Gasteiger partial charge in [-0.15, -0.1) is 0 Å². The van der Waals surface area contributed by atoms with E-state index in [-0.39, 0.29) is 17.6 Å². The van der Waals surface area contributed by atoms with Crippen LogP contribution < -0.4 is 10.9 Å². The molecule has 0 bridgehead atoms. The van der Waals surface area contributed by atoms with E-state index in [1.54, 1.807) is 6.07 Å². The number of para-hydroxylation sites is 1. The number of nitrogens with one attached hydrogen (secondary N) is 2. The van der Waals surface area contributed by atoms with Crippen LogP contribution >= 0.6 is 0 Å². The van der Waals surface area contributed by atoms with Gasteiger partial charge < -0.3 is 15.4 Å². The molecule has 1 aliphatic rings. The molecule has 1 aromatic heterocycles. The Labute approximate surface area is 104 Å². The van der Waals surface area contributed by atoms with Crippen LogP contribution in [0.15, 0.2) is 29.1 Å². The van der Waals surface area contributed by atoms with E-state index in [9.17, 15) is 9.90 Å². The van der Waals surface area contributed by atoms with E-state index >= 15 is 0 Å². The molecule has 2 atom stereocenters. The van der Waals surface area contributed by atoms with Gasteiger partial charge in [0.05, 0.1) is 17.0 Å². The Morgan fingerprint density at radius 2 is 2.11 bits per heavy atom. The number of aromatic nitrogens is 2. The normalized spacial score (nSPS) is 24.3. The Hall–Kier alpha value is -1.72. The van der Waals surface area contributed by atoms with Crippen LogP contribution in [0.1, 0.15) is 18.2 Å². The Morgan fingerprint density at radius 3 is 2.94 bits per heavy atom. The number of fused-ring (bicyclic) bond motifs is 1. The van der Waals surface area contributed by atoms with Gasteiger partial charge in [0.25, 0.3) is 5.56 Å². The molecule has 3 N–H and O–H groups in total. The van der Waals surface area contributed by atoms with E-state index in [2.05, 4.69) is 15.3 Å². The Morgan fingerprint density at radius 1 is 1.28 bits per heavy atom. The molecule has 2 heterocycles. The number of aliphatic hydroxyl groups is 1. The summed E-state index contributed by atoms with van der Waals surface area (Å²) in [5.74, 6) is 0.719. The number of nitrogens with zero attached hydrogens (tertiary/aromatic N) is 1. The molecule has 18 heavy (non-hydrogen) atoms. The molecule has 0 aliphatic carbocycles. The van der Waals surface area contributed by atoms with Crippen molar-refractivity contribution in [1.29, 1.82) is 0 Å². The number of piperidine rings is 1. The smallest absolute Gasteiger partial charge is 0.258 e. The van der Waals surface area contributed by atoms with Gasteiger partial charge in [-0.1, -0.05) is 12.1 Å². The molecule has 0 amide bonds. The van der Waals surface area contributed by atoms with E-state index in [1.807, 2.05) is 18.2 Å². The lowest BCUT2D eigenvalue weighted by Gasteiger charge is -2.26. The predicted octanol–water partition coefficient (Wildman–Crippen LogP) is 0.361. The molecule has 1 fully saturated rings. The molecule has 0 spiro atoms. The quantitative estimate of drug-likeness (QED) is 0.678. The molecule has 3 rings (SSSR count). The van der Waals surface area contributed by atoms with Crippen LogP contribution in [-0.4, -0.2) is 34.3 Å². The van der Waals surface area contributed by atoms with Crippen LogP contribution in [0.5, 0.6) is 0 Å². The van der Waals surface area contributed by atoms with Gasteiger partial charge in [0.1, 0.15) is 5.82 Å². The number of β-amino-alcohol motifs (C(OH)–C–C–N with tert-alkyl or cyclic N) is 1. The zero-order valence-electron chi connectivity index (χ0n) is 9.89. The monoisotopic (exact) mass is 245 g/mol. The Balaban J connectivity index is 2.04. The maximum atomic E-state index is 11.9. The molecule has 94 valence electrons. The fraction of sp³-hybridized carbons (Fsp3) is 0.385. The lowest BCUT2D eigenvalue weighted by Crippen LogP contribution is -2.39. The molecular formula is C13H15N3O2. The number of rotatable bonds is 1. The van der Waals surface area contributed by atoms with Gasteiger partial charge in [0.15, 0.2) is 0 Å². The van der Waals surface area contributed by atoms with Crippen LogP contribution in [0.25, 0.3) is 10.9 Å². The largest absolute Gasteiger partial charge is 0.392 e. The summed E-state index contributed by atoms with van der Waals surface area (Å²) < 4.78 is 0. The molecule has 2 aromatic rings. The minimum atomic E-state index is -0.375. The van der Waals surface area contributed by atoms with Gasteiger partial charge in [-0.2, -0.15) is 0 Å². The van der Waals surface area contributed by atoms with Gasteiger partial charge in [-0.25, -0.2) is 4.98 Å². The molecule has 0 unspecified atom stereocenters. The van der Waals surface area contributed by atoms with E-state index in [4.69, 9.17) is 0 Å². The number of aromatic amines is 1. The molecule has 0 radical (unpaired) electrons. The standard InChI is InChI=1S/C13H15N3O2/c17-9-5-8(6-14-7-9)12-15-11-4-2-1-3-10(11)13(18)16-12/h1-4,8-9,14,17H,5-7H2,(H,15,16,18)/t8-,9-/m0/s1. The third-order valence-corrected chi connectivity index (χ3v) is 3.35. The van der Waals surface area contributed by atoms with Crippen LogP contribution in [0.2, 0.25) is 0 Å². The minimum absolute atomic E-state index is 0.0612. The van der Waals surface area contributed by atoms with E-state index < -0.39 is 0 Å². The van der Waals surface area contributed by atoms with Crippen molar-refractivity contribution in [3.8, 4) is 0 Å². The second kappa shape index (κ2) is 4.51. The lowest BCUT2D eigenvalue weighted by molar-refractivity contribution is 0.130. The summed E-state index contributed by atoms with van der Waals surface area (Å²) in [5, 5.41) is 13.4. The Kier molecular flexibility index (Phi) is 2.85. The van der Waals surface area contributed by atoms with Crippen molar-refractivity contribution >= 4 is 10.9 Å². The van der Waals surface area contributed by atoms with Crippen molar-refractivity contribution in [2.75, 3.05) is 13.1 Å². The summed E-state index contributed by atoms with van der Waals surface area (Å²) in [6.07, 6.45) is 0.259. The second-order valence-corrected chi connectivity index (χ2v) is 4.71. The first-order chi connectivity index (χ1) is 8.74. The summed E-state index contributed by atoms with van der Waals surface area (Å²) in [7, 11) is 0. The number of benzene rings is 1. The minimum Gasteiger partial charge on any atom is -0.392 e. The van der Waals surface area contributed by atoms with Gasteiger partial charge >= 0.3 is 0 Å². The first-order valence-electron chi connectivity index (χ1n) is 6.12. The van der Waals surface area contributed by atoms with E-state index in [0.29, 0.717) is 29.7 Å². The average molecular weight is 245 g/mol. The maximum absolute atomic E-state index is 11.9. The van der Waals surface area contributed by atoms with Crippen molar-refractivity contribution in [1.82, 2.24) is 15.3 Å². The van der Waals surface area contributed by atoms with E-state index in [1.165, 1.54) is 0 Å². The van der Waals surface area contributed by atoms with Crippen molar-refractivity contribution in [3.63, 3.8) is 0 Å². The lowest BCUT2D eigenvalue weighted by atomic mass is 9.96. The third-order valence-electron chi connectivity index (χ3n) is 3.35. The molecule has 5 nitrogen and oxygen atoms in total. The predicted molar refractivity (Wildman–Crippen MR) is 68.6 cm³/mol. The van der Waals surface area contributed by atoms with Gasteiger partial charge in [-0.3, -0.25) is 4.79 Å². The second-order valence-electron chi connectivity index (χ2n) is 4.71. The summed E-state index contributed by atoms with van der Waals surface area (Å²) >= 11 is 0. The van der Waals surface area contributed by atoms with Crippen molar-refractivity contribution in [3.05, 3.63) is 40.4 Å². The summed E-state index contributed by atoms with van der Waals surface area (Å²) in [5.41, 5.74) is 0.590. The highest BCUT2D eigenvalue weighted by molar-refractivity contribution is 5.77.